The number of carbonyl (C=O) groups excluding carboxylic acids is 2. The molecule has 1 heterocycles. The molecule has 0 aromatic heterocycles. The number of hydrogen-bond acceptors (Lipinski definition) is 6. The zero-order chi connectivity index (χ0) is 21.1. The van der Waals surface area contributed by atoms with Gasteiger partial charge < -0.3 is 19.3 Å². The van der Waals surface area contributed by atoms with E-state index >= 15 is 0 Å². The molecule has 0 atom stereocenters. The molecule has 0 saturated carbocycles. The third-order valence-electron chi connectivity index (χ3n) is 4.38. The molecule has 0 unspecified atom stereocenters. The zero-order valence-corrected chi connectivity index (χ0v) is 16.8. The number of hydrogen-bond donors (Lipinski definition) is 1. The van der Waals surface area contributed by atoms with E-state index in [0.29, 0.717) is 35.3 Å². The predicted molar refractivity (Wildman–Crippen MR) is 108 cm³/mol. The third kappa shape index (κ3) is 4.03. The molecular weight excluding hydrogens is 374 g/mol. The number of methoxy groups -OCH3 is 2. The molecule has 0 bridgehead atoms. The van der Waals surface area contributed by atoms with Gasteiger partial charge in [0.1, 0.15) is 17.2 Å². The van der Waals surface area contributed by atoms with Gasteiger partial charge in [-0.15, -0.1) is 0 Å². The first-order valence-electron chi connectivity index (χ1n) is 9.14. The molecule has 0 radical (unpaired) electrons. The molecule has 1 aliphatic heterocycles. The van der Waals surface area contributed by atoms with Crippen LogP contribution in [0, 0.1) is 5.92 Å². The Labute approximate surface area is 169 Å². The van der Waals surface area contributed by atoms with Crippen LogP contribution in [0.5, 0.6) is 17.2 Å². The summed E-state index contributed by atoms with van der Waals surface area (Å²) in [7, 11) is 2.94. The molecule has 3 rings (SSSR count). The first-order chi connectivity index (χ1) is 13.8. The number of anilines is 1. The summed E-state index contributed by atoms with van der Waals surface area (Å²) in [5.74, 6) is -0.177. The van der Waals surface area contributed by atoms with Crippen LogP contribution >= 0.6 is 0 Å². The van der Waals surface area contributed by atoms with Crippen LogP contribution in [0.25, 0.3) is 5.57 Å². The number of ether oxygens (including phenoxy) is 3. The van der Waals surface area contributed by atoms with Crippen molar-refractivity contribution in [2.75, 3.05) is 25.7 Å². The standard InChI is InChI=1S/C22H23NO6/c1-13(2)12-29-16-7-5-14(6-8-16)19-20(24)22(26)23(21(19)25)15-9-17(27-3)11-18(10-15)28-4/h5-11,13,24H,12H2,1-4H3. The summed E-state index contributed by atoms with van der Waals surface area (Å²) in [5, 5.41) is 10.4. The Balaban J connectivity index is 1.91. The molecule has 2 amide bonds. The molecule has 1 N–H and O–H groups in total. The molecule has 1 aliphatic rings. The first kappa shape index (κ1) is 20.3. The van der Waals surface area contributed by atoms with E-state index in [1.807, 2.05) is 13.8 Å². The second-order valence-corrected chi connectivity index (χ2v) is 6.97. The van der Waals surface area contributed by atoms with Gasteiger partial charge in [-0.25, -0.2) is 4.90 Å². The summed E-state index contributed by atoms with van der Waals surface area (Å²) in [6, 6.07) is 11.4. The minimum atomic E-state index is -0.805. The summed E-state index contributed by atoms with van der Waals surface area (Å²) in [6.07, 6.45) is 0. The Morgan fingerprint density at radius 3 is 2.00 bits per heavy atom. The maximum Gasteiger partial charge on any atom is 0.301 e. The highest BCUT2D eigenvalue weighted by molar-refractivity contribution is 6.44. The van der Waals surface area contributed by atoms with Crippen molar-refractivity contribution in [2.24, 2.45) is 5.92 Å². The molecule has 0 aliphatic carbocycles. The predicted octanol–water partition coefficient (Wildman–Crippen LogP) is 3.58. The van der Waals surface area contributed by atoms with Crippen LogP contribution < -0.4 is 19.1 Å². The summed E-state index contributed by atoms with van der Waals surface area (Å²) < 4.78 is 16.0. The summed E-state index contributed by atoms with van der Waals surface area (Å²) >= 11 is 0. The SMILES string of the molecule is COc1cc(OC)cc(N2C(=O)C(O)=C(c3ccc(OCC(C)C)cc3)C2=O)c1. The van der Waals surface area contributed by atoms with Gasteiger partial charge in [0.05, 0.1) is 32.1 Å². The Bertz CT molecular complexity index is 940. The highest BCUT2D eigenvalue weighted by Crippen LogP contribution is 2.36. The minimum absolute atomic E-state index is 0.0628. The number of aliphatic hydroxyl groups excluding tert-OH is 1. The van der Waals surface area contributed by atoms with Gasteiger partial charge in [-0.05, 0) is 23.6 Å². The molecule has 0 fully saturated rings. The largest absolute Gasteiger partial charge is 0.502 e. The molecule has 29 heavy (non-hydrogen) atoms. The van der Waals surface area contributed by atoms with E-state index in [1.54, 1.807) is 30.3 Å². The number of aliphatic hydroxyl groups is 1. The van der Waals surface area contributed by atoms with Gasteiger partial charge in [-0.1, -0.05) is 26.0 Å². The average molecular weight is 397 g/mol. The van der Waals surface area contributed by atoms with Crippen LogP contribution in [-0.4, -0.2) is 37.7 Å². The monoisotopic (exact) mass is 397 g/mol. The topological polar surface area (TPSA) is 85.3 Å². The van der Waals surface area contributed by atoms with Gasteiger partial charge in [-0.3, -0.25) is 9.59 Å². The lowest BCUT2D eigenvalue weighted by atomic mass is 10.1. The van der Waals surface area contributed by atoms with Crippen molar-refractivity contribution in [2.45, 2.75) is 13.8 Å². The smallest absolute Gasteiger partial charge is 0.301 e. The van der Waals surface area contributed by atoms with Crippen LogP contribution in [0.1, 0.15) is 19.4 Å². The number of amides is 2. The Morgan fingerprint density at radius 2 is 1.48 bits per heavy atom. The average Bonchev–Trinajstić information content (AvgIpc) is 2.94. The zero-order valence-electron chi connectivity index (χ0n) is 16.8. The second-order valence-electron chi connectivity index (χ2n) is 6.97. The van der Waals surface area contributed by atoms with Crippen molar-refractivity contribution in [3.63, 3.8) is 0 Å². The maximum atomic E-state index is 13.0. The minimum Gasteiger partial charge on any atom is -0.502 e. The van der Waals surface area contributed by atoms with Crippen molar-refractivity contribution < 1.29 is 28.9 Å². The van der Waals surface area contributed by atoms with Gasteiger partial charge in [0.15, 0.2) is 5.76 Å². The molecular formula is C22H23NO6. The first-order valence-corrected chi connectivity index (χ1v) is 9.14. The number of nitrogens with zero attached hydrogens (tertiary/aromatic N) is 1. The van der Waals surface area contributed by atoms with Gasteiger partial charge >= 0.3 is 5.91 Å². The summed E-state index contributed by atoms with van der Waals surface area (Å²) in [5.41, 5.74) is 0.608. The van der Waals surface area contributed by atoms with Gasteiger partial charge in [0, 0.05) is 18.2 Å². The fraction of sp³-hybridized carbons (Fsp3) is 0.273. The lowest BCUT2D eigenvalue weighted by Gasteiger charge is -2.17. The van der Waals surface area contributed by atoms with E-state index in [-0.39, 0.29) is 11.3 Å². The quantitative estimate of drug-likeness (QED) is 0.719. The van der Waals surface area contributed by atoms with Crippen molar-refractivity contribution in [3.8, 4) is 17.2 Å². The molecule has 0 spiro atoms. The summed E-state index contributed by atoms with van der Waals surface area (Å²) in [4.78, 5) is 26.5. The van der Waals surface area contributed by atoms with Crippen LogP contribution in [0.2, 0.25) is 0 Å². The third-order valence-corrected chi connectivity index (χ3v) is 4.38. The van der Waals surface area contributed by atoms with E-state index in [2.05, 4.69) is 0 Å². The Morgan fingerprint density at radius 1 is 0.897 bits per heavy atom. The summed E-state index contributed by atoms with van der Waals surface area (Å²) in [6.45, 7) is 4.65. The molecule has 2 aromatic rings. The lowest BCUT2D eigenvalue weighted by Crippen LogP contribution is -2.31. The van der Waals surface area contributed by atoms with Crippen LogP contribution in [0.3, 0.4) is 0 Å². The van der Waals surface area contributed by atoms with E-state index in [1.165, 1.54) is 26.4 Å². The fourth-order valence-corrected chi connectivity index (χ4v) is 2.92. The van der Waals surface area contributed by atoms with Crippen LogP contribution in [0.4, 0.5) is 5.69 Å². The Hall–Kier alpha value is -3.48. The number of rotatable bonds is 7. The lowest BCUT2D eigenvalue weighted by molar-refractivity contribution is -0.121. The van der Waals surface area contributed by atoms with E-state index in [4.69, 9.17) is 14.2 Å². The van der Waals surface area contributed by atoms with E-state index in [0.717, 1.165) is 4.90 Å². The van der Waals surface area contributed by atoms with Crippen LogP contribution in [0.15, 0.2) is 48.2 Å². The van der Waals surface area contributed by atoms with Crippen molar-refractivity contribution in [3.05, 3.63) is 53.8 Å². The maximum absolute atomic E-state index is 13.0. The second kappa shape index (κ2) is 8.26. The van der Waals surface area contributed by atoms with Crippen molar-refractivity contribution in [1.82, 2.24) is 0 Å². The number of carbonyl (C=O) groups is 2. The van der Waals surface area contributed by atoms with E-state index in [9.17, 15) is 14.7 Å². The number of benzene rings is 2. The highest BCUT2D eigenvalue weighted by Gasteiger charge is 2.40. The van der Waals surface area contributed by atoms with Gasteiger partial charge in [-0.2, -0.15) is 0 Å². The molecule has 2 aromatic carbocycles. The molecule has 152 valence electrons. The van der Waals surface area contributed by atoms with Crippen LogP contribution in [-0.2, 0) is 9.59 Å². The normalized spacial score (nSPS) is 14.0. The fourth-order valence-electron chi connectivity index (χ4n) is 2.92. The highest BCUT2D eigenvalue weighted by atomic mass is 16.5. The number of imide groups is 1. The Kier molecular flexibility index (Phi) is 5.77. The van der Waals surface area contributed by atoms with Gasteiger partial charge in [0.25, 0.3) is 5.91 Å². The molecule has 7 nitrogen and oxygen atoms in total. The van der Waals surface area contributed by atoms with E-state index < -0.39 is 17.6 Å². The molecule has 7 heteroatoms. The van der Waals surface area contributed by atoms with Gasteiger partial charge in [0.2, 0.25) is 0 Å². The van der Waals surface area contributed by atoms with Crippen molar-refractivity contribution >= 4 is 23.1 Å². The molecule has 0 saturated heterocycles. The van der Waals surface area contributed by atoms with Crippen molar-refractivity contribution in [1.29, 1.82) is 0 Å².